The Kier molecular flexibility index (Phi) is 6.69. The number of nitrogens with zero attached hydrogens (tertiary/aromatic N) is 1. The fourth-order valence-corrected chi connectivity index (χ4v) is 3.04. The number of hydrogen-bond donors (Lipinski definition) is 0. The summed E-state index contributed by atoms with van der Waals surface area (Å²) in [7, 11) is -3.92. The Morgan fingerprint density at radius 3 is 1.12 bits per heavy atom. The molecule has 0 aliphatic rings. The minimum absolute atomic E-state index is 0.604. The van der Waals surface area contributed by atoms with Crippen molar-refractivity contribution in [3.05, 3.63) is 91.0 Å². The van der Waals surface area contributed by atoms with E-state index in [1.165, 1.54) is 17.1 Å². The molecule has 0 atom stereocenters. The lowest BCUT2D eigenvalue weighted by molar-refractivity contribution is 0.470. The smallest absolute Gasteiger partial charge is 0.143 e. The number of quaternary nitrogens is 1. The molecule has 0 saturated heterocycles. The zero-order chi connectivity index (χ0) is 19.0. The molecule has 0 unspecified atom stereocenters. The van der Waals surface area contributed by atoms with Crippen LogP contribution in [0.2, 0.25) is 0 Å². The van der Waals surface area contributed by atoms with Crippen LogP contribution in [0.25, 0.3) is 0 Å². The van der Waals surface area contributed by atoms with Crippen LogP contribution in [0.1, 0.15) is 6.92 Å². The second-order valence-electron chi connectivity index (χ2n) is 5.84. The second-order valence-corrected chi connectivity index (χ2v) is 7.24. The average Bonchev–Trinajstić information content (AvgIpc) is 2.64. The molecule has 0 amide bonds. The molecule has 0 saturated carbocycles. The van der Waals surface area contributed by atoms with E-state index < -0.39 is 10.1 Å². The lowest BCUT2D eigenvalue weighted by atomic mass is 10.1. The van der Waals surface area contributed by atoms with Gasteiger partial charge in [0.25, 0.3) is 0 Å². The van der Waals surface area contributed by atoms with E-state index in [2.05, 4.69) is 97.9 Å². The van der Waals surface area contributed by atoms with E-state index >= 15 is 0 Å². The van der Waals surface area contributed by atoms with Gasteiger partial charge in [0.15, 0.2) is 0 Å². The van der Waals surface area contributed by atoms with Crippen molar-refractivity contribution in [2.45, 2.75) is 6.92 Å². The van der Waals surface area contributed by atoms with Crippen LogP contribution in [-0.4, -0.2) is 25.8 Å². The summed E-state index contributed by atoms with van der Waals surface area (Å²) in [5, 5.41) is 0. The lowest BCUT2D eigenvalue weighted by Crippen LogP contribution is -2.38. The van der Waals surface area contributed by atoms with Gasteiger partial charge in [-0.25, -0.2) is 12.9 Å². The number of benzene rings is 3. The van der Waals surface area contributed by atoms with E-state index in [1.807, 2.05) is 0 Å². The highest BCUT2D eigenvalue weighted by Crippen LogP contribution is 2.42. The van der Waals surface area contributed by atoms with Crippen molar-refractivity contribution in [2.75, 3.05) is 12.8 Å². The second kappa shape index (κ2) is 8.76. The molecule has 26 heavy (non-hydrogen) atoms. The SMILES string of the molecule is CC[N+](c1ccccc1)(c1ccccc1)c1ccccc1.CS(=O)(=O)[O-]. The maximum absolute atomic E-state index is 9.08. The molecule has 4 nitrogen and oxygen atoms in total. The van der Waals surface area contributed by atoms with Crippen molar-refractivity contribution in [1.29, 1.82) is 0 Å². The van der Waals surface area contributed by atoms with Crippen LogP contribution in [0.5, 0.6) is 0 Å². The quantitative estimate of drug-likeness (QED) is 0.488. The Hall–Kier alpha value is -2.47. The lowest BCUT2D eigenvalue weighted by Gasteiger charge is -2.36. The van der Waals surface area contributed by atoms with Crippen molar-refractivity contribution in [3.63, 3.8) is 0 Å². The maximum atomic E-state index is 9.08. The van der Waals surface area contributed by atoms with Crippen molar-refractivity contribution < 1.29 is 13.0 Å². The van der Waals surface area contributed by atoms with Crippen molar-refractivity contribution in [2.24, 2.45) is 0 Å². The Bertz CT molecular complexity index is 791. The van der Waals surface area contributed by atoms with Gasteiger partial charge in [-0.15, -0.1) is 0 Å². The highest BCUT2D eigenvalue weighted by atomic mass is 32.2. The van der Waals surface area contributed by atoms with E-state index in [9.17, 15) is 0 Å². The molecule has 0 radical (unpaired) electrons. The van der Waals surface area contributed by atoms with Gasteiger partial charge in [0.1, 0.15) is 17.1 Å². The number of para-hydroxylation sites is 3. The van der Waals surface area contributed by atoms with E-state index in [4.69, 9.17) is 13.0 Å². The van der Waals surface area contributed by atoms with Gasteiger partial charge in [-0.3, -0.25) is 0 Å². The summed E-state index contributed by atoms with van der Waals surface area (Å²) < 4.78 is 28.0. The summed E-state index contributed by atoms with van der Waals surface area (Å²) >= 11 is 0. The third-order valence-corrected chi connectivity index (χ3v) is 4.07. The molecule has 3 rings (SSSR count). The normalized spacial score (nSPS) is 11.3. The van der Waals surface area contributed by atoms with Crippen LogP contribution < -0.4 is 4.48 Å². The molecule has 5 heteroatoms. The molecule has 0 heterocycles. The van der Waals surface area contributed by atoms with Gasteiger partial charge in [-0.1, -0.05) is 54.6 Å². The van der Waals surface area contributed by atoms with Crippen LogP contribution in [-0.2, 0) is 10.1 Å². The summed E-state index contributed by atoms with van der Waals surface area (Å²) in [6.07, 6.45) is 0.604. The molecule has 0 aliphatic heterocycles. The van der Waals surface area contributed by atoms with E-state index in [-0.39, 0.29) is 0 Å². The average molecular weight is 369 g/mol. The maximum Gasteiger partial charge on any atom is 0.143 e. The largest absolute Gasteiger partial charge is 0.748 e. The van der Waals surface area contributed by atoms with Gasteiger partial charge in [0.2, 0.25) is 0 Å². The minimum atomic E-state index is -3.92. The molecule has 0 bridgehead atoms. The van der Waals surface area contributed by atoms with Crippen LogP contribution in [0.4, 0.5) is 17.1 Å². The predicted molar refractivity (Wildman–Crippen MR) is 107 cm³/mol. The zero-order valence-electron chi connectivity index (χ0n) is 14.9. The fraction of sp³-hybridized carbons (Fsp3) is 0.143. The molecule has 0 fully saturated rings. The first-order valence-corrected chi connectivity index (χ1v) is 10.2. The molecule has 136 valence electrons. The molecule has 0 spiro atoms. The Balaban J connectivity index is 0.000000431. The summed E-state index contributed by atoms with van der Waals surface area (Å²) in [6.45, 7) is 3.21. The summed E-state index contributed by atoms with van der Waals surface area (Å²) in [5.41, 5.74) is 3.87. The Morgan fingerprint density at radius 2 is 0.923 bits per heavy atom. The van der Waals surface area contributed by atoms with E-state index in [1.54, 1.807) is 0 Å². The first-order valence-electron chi connectivity index (χ1n) is 8.33. The Labute approximate surface area is 155 Å². The van der Waals surface area contributed by atoms with Crippen molar-refractivity contribution >= 4 is 27.2 Å². The Morgan fingerprint density at radius 1 is 0.692 bits per heavy atom. The number of hydrogen-bond acceptors (Lipinski definition) is 3. The van der Waals surface area contributed by atoms with Gasteiger partial charge in [0.05, 0.1) is 16.7 Å². The van der Waals surface area contributed by atoms with Gasteiger partial charge in [0, 0.05) is 6.26 Å². The van der Waals surface area contributed by atoms with Crippen LogP contribution in [0, 0.1) is 0 Å². The van der Waals surface area contributed by atoms with Gasteiger partial charge < -0.3 is 4.55 Å². The minimum Gasteiger partial charge on any atom is -0.748 e. The monoisotopic (exact) mass is 369 g/mol. The third-order valence-electron chi connectivity index (χ3n) is 4.07. The topological polar surface area (TPSA) is 57.2 Å². The molecular weight excluding hydrogens is 346 g/mol. The first kappa shape index (κ1) is 19.8. The fourth-order valence-electron chi connectivity index (χ4n) is 3.04. The summed E-state index contributed by atoms with van der Waals surface area (Å²) in [5.74, 6) is 0. The molecule has 3 aromatic carbocycles. The van der Waals surface area contributed by atoms with Crippen LogP contribution in [0.3, 0.4) is 0 Å². The summed E-state index contributed by atoms with van der Waals surface area (Å²) in [6, 6.07) is 32.2. The third kappa shape index (κ3) is 5.02. The number of rotatable bonds is 4. The van der Waals surface area contributed by atoms with Crippen molar-refractivity contribution in [3.8, 4) is 0 Å². The van der Waals surface area contributed by atoms with Crippen LogP contribution in [0.15, 0.2) is 91.0 Å². The zero-order valence-corrected chi connectivity index (χ0v) is 15.8. The van der Waals surface area contributed by atoms with E-state index in [0.29, 0.717) is 6.26 Å². The highest BCUT2D eigenvalue weighted by Gasteiger charge is 2.33. The van der Waals surface area contributed by atoms with Gasteiger partial charge in [-0.05, 0) is 43.3 Å². The molecular formula is C21H23NO3S. The summed E-state index contributed by atoms with van der Waals surface area (Å²) in [4.78, 5) is 0. The van der Waals surface area contributed by atoms with Crippen molar-refractivity contribution in [1.82, 2.24) is 4.48 Å². The molecule has 0 aromatic heterocycles. The molecule has 0 N–H and O–H groups in total. The first-order chi connectivity index (χ1) is 12.4. The van der Waals surface area contributed by atoms with Crippen LogP contribution >= 0.6 is 0 Å². The van der Waals surface area contributed by atoms with Gasteiger partial charge in [-0.2, -0.15) is 0 Å². The predicted octanol–water partition coefficient (Wildman–Crippen LogP) is 4.84. The standard InChI is InChI=1S/C20H20N.CH4O3S/c1-2-21(18-12-6-3-7-13-18,19-14-8-4-9-15-19)20-16-10-5-11-17-20;1-5(2,3)4/h3-17H,2H2,1H3;1H3,(H,2,3,4)/q+1;/p-1. The van der Waals surface area contributed by atoms with E-state index in [0.717, 1.165) is 11.0 Å². The van der Waals surface area contributed by atoms with Gasteiger partial charge >= 0.3 is 0 Å². The molecule has 0 aliphatic carbocycles. The molecule has 3 aromatic rings. The highest BCUT2D eigenvalue weighted by molar-refractivity contribution is 7.84.